The highest BCUT2D eigenvalue weighted by Crippen LogP contribution is 2.29. The third-order valence-corrected chi connectivity index (χ3v) is 4.61. The van der Waals surface area contributed by atoms with E-state index in [9.17, 15) is 0 Å². The van der Waals surface area contributed by atoms with Crippen LogP contribution in [0.1, 0.15) is 61.5 Å². The van der Waals surface area contributed by atoms with Gasteiger partial charge in [0, 0.05) is 18.7 Å². The summed E-state index contributed by atoms with van der Waals surface area (Å²) in [5.74, 6) is 0. The molecule has 0 amide bonds. The zero-order chi connectivity index (χ0) is 14.7. The van der Waals surface area contributed by atoms with Gasteiger partial charge in [0.1, 0.15) is 0 Å². The van der Waals surface area contributed by atoms with Crippen LogP contribution in [0.5, 0.6) is 0 Å². The van der Waals surface area contributed by atoms with Crippen LogP contribution in [0.4, 0.5) is 0 Å². The average Bonchev–Trinajstić information content (AvgIpc) is 3.18. The number of rotatable bonds is 5. The summed E-state index contributed by atoms with van der Waals surface area (Å²) < 4.78 is 2.15. The first-order chi connectivity index (χ1) is 10.3. The van der Waals surface area contributed by atoms with Crippen LogP contribution in [-0.4, -0.2) is 9.78 Å². The van der Waals surface area contributed by atoms with Crippen LogP contribution >= 0.6 is 0 Å². The fourth-order valence-corrected chi connectivity index (χ4v) is 3.20. The first-order valence-corrected chi connectivity index (χ1v) is 8.14. The van der Waals surface area contributed by atoms with Gasteiger partial charge in [-0.3, -0.25) is 4.68 Å². The van der Waals surface area contributed by atoms with Crippen LogP contribution in [0.3, 0.4) is 0 Å². The smallest absolute Gasteiger partial charge is 0.0643 e. The van der Waals surface area contributed by atoms with Crippen molar-refractivity contribution in [1.29, 1.82) is 0 Å². The molecule has 1 atom stereocenters. The second kappa shape index (κ2) is 6.44. The molecule has 112 valence electrons. The summed E-state index contributed by atoms with van der Waals surface area (Å²) in [6, 6.07) is 11.4. The van der Waals surface area contributed by atoms with Crippen LogP contribution in [0.25, 0.3) is 0 Å². The van der Waals surface area contributed by atoms with E-state index in [0.717, 1.165) is 18.5 Å². The van der Waals surface area contributed by atoms with E-state index in [1.54, 1.807) is 0 Å². The molecule has 0 spiro atoms. The molecule has 0 radical (unpaired) electrons. The summed E-state index contributed by atoms with van der Waals surface area (Å²) in [5, 5.41) is 4.73. The quantitative estimate of drug-likeness (QED) is 0.907. The molecule has 0 bridgehead atoms. The van der Waals surface area contributed by atoms with Crippen molar-refractivity contribution < 1.29 is 0 Å². The number of nitrogens with two attached hydrogens (primary N) is 1. The van der Waals surface area contributed by atoms with Crippen LogP contribution in [0.2, 0.25) is 0 Å². The minimum Gasteiger partial charge on any atom is -0.324 e. The molecule has 1 saturated carbocycles. The van der Waals surface area contributed by atoms with Gasteiger partial charge in [-0.2, -0.15) is 5.10 Å². The van der Waals surface area contributed by atoms with E-state index >= 15 is 0 Å². The molecular formula is C18H25N3. The topological polar surface area (TPSA) is 43.8 Å². The Balaban J connectivity index is 1.64. The SMILES string of the molecule is CCc1ccc(C(N)Cc2ccn(C3CCCC3)n2)cc1. The fourth-order valence-electron chi connectivity index (χ4n) is 3.20. The molecule has 1 heterocycles. The summed E-state index contributed by atoms with van der Waals surface area (Å²) in [6.45, 7) is 2.17. The Morgan fingerprint density at radius 1 is 1.19 bits per heavy atom. The molecular weight excluding hydrogens is 258 g/mol. The van der Waals surface area contributed by atoms with Crippen molar-refractivity contribution in [3.63, 3.8) is 0 Å². The Morgan fingerprint density at radius 3 is 2.57 bits per heavy atom. The van der Waals surface area contributed by atoms with Crippen LogP contribution < -0.4 is 5.73 Å². The minimum atomic E-state index is 0.0304. The van der Waals surface area contributed by atoms with Gasteiger partial charge >= 0.3 is 0 Å². The van der Waals surface area contributed by atoms with Crippen molar-refractivity contribution in [2.75, 3.05) is 0 Å². The molecule has 1 aliphatic rings. The Hall–Kier alpha value is -1.61. The van der Waals surface area contributed by atoms with E-state index < -0.39 is 0 Å². The monoisotopic (exact) mass is 283 g/mol. The van der Waals surface area contributed by atoms with Crippen molar-refractivity contribution >= 4 is 0 Å². The summed E-state index contributed by atoms with van der Waals surface area (Å²) >= 11 is 0. The van der Waals surface area contributed by atoms with Crippen molar-refractivity contribution in [3.05, 3.63) is 53.3 Å². The molecule has 1 aromatic heterocycles. The zero-order valence-corrected chi connectivity index (χ0v) is 12.8. The molecule has 3 heteroatoms. The first kappa shape index (κ1) is 14.3. The molecule has 1 fully saturated rings. The third-order valence-electron chi connectivity index (χ3n) is 4.61. The standard InChI is InChI=1S/C18H25N3/c1-2-14-7-9-15(10-8-14)18(19)13-16-11-12-21(20-16)17-5-3-4-6-17/h7-12,17-18H,2-6,13,19H2,1H3. The van der Waals surface area contributed by atoms with Gasteiger partial charge in [0.15, 0.2) is 0 Å². The molecule has 1 aliphatic carbocycles. The van der Waals surface area contributed by atoms with Gasteiger partial charge < -0.3 is 5.73 Å². The Labute approximate surface area is 127 Å². The van der Waals surface area contributed by atoms with Crippen molar-refractivity contribution in [3.8, 4) is 0 Å². The van der Waals surface area contributed by atoms with E-state index in [1.165, 1.54) is 36.8 Å². The maximum absolute atomic E-state index is 6.33. The number of hydrogen-bond donors (Lipinski definition) is 1. The highest BCUT2D eigenvalue weighted by atomic mass is 15.3. The third kappa shape index (κ3) is 3.35. The fraction of sp³-hybridized carbons (Fsp3) is 0.500. The second-order valence-electron chi connectivity index (χ2n) is 6.13. The molecule has 0 saturated heterocycles. The zero-order valence-electron chi connectivity index (χ0n) is 12.8. The van der Waals surface area contributed by atoms with E-state index in [-0.39, 0.29) is 6.04 Å². The van der Waals surface area contributed by atoms with Gasteiger partial charge in [0.25, 0.3) is 0 Å². The predicted molar refractivity (Wildman–Crippen MR) is 86.2 cm³/mol. The number of nitrogens with zero attached hydrogens (tertiary/aromatic N) is 2. The number of aryl methyl sites for hydroxylation is 1. The van der Waals surface area contributed by atoms with Crippen LogP contribution in [0.15, 0.2) is 36.5 Å². The van der Waals surface area contributed by atoms with Crippen molar-refractivity contribution in [1.82, 2.24) is 9.78 Å². The lowest BCUT2D eigenvalue weighted by molar-refractivity contribution is 0.461. The normalized spacial score (nSPS) is 17.2. The number of benzene rings is 1. The molecule has 0 aliphatic heterocycles. The van der Waals surface area contributed by atoms with Gasteiger partial charge in [-0.05, 0) is 36.5 Å². The van der Waals surface area contributed by atoms with Gasteiger partial charge in [-0.15, -0.1) is 0 Å². The lowest BCUT2D eigenvalue weighted by Crippen LogP contribution is -2.14. The average molecular weight is 283 g/mol. The highest BCUT2D eigenvalue weighted by Gasteiger charge is 2.18. The largest absolute Gasteiger partial charge is 0.324 e. The van der Waals surface area contributed by atoms with Crippen LogP contribution in [0, 0.1) is 0 Å². The first-order valence-electron chi connectivity index (χ1n) is 8.14. The lowest BCUT2D eigenvalue weighted by Gasteiger charge is -2.12. The van der Waals surface area contributed by atoms with E-state index in [0.29, 0.717) is 6.04 Å². The van der Waals surface area contributed by atoms with E-state index in [2.05, 4.69) is 48.1 Å². The number of aromatic nitrogens is 2. The van der Waals surface area contributed by atoms with E-state index in [1.807, 2.05) is 0 Å². The van der Waals surface area contributed by atoms with Gasteiger partial charge in [0.05, 0.1) is 11.7 Å². The Kier molecular flexibility index (Phi) is 4.39. The molecule has 2 N–H and O–H groups in total. The predicted octanol–water partition coefficient (Wildman–Crippen LogP) is 3.80. The van der Waals surface area contributed by atoms with Gasteiger partial charge in [-0.1, -0.05) is 44.0 Å². The molecule has 1 unspecified atom stereocenters. The van der Waals surface area contributed by atoms with Gasteiger partial charge in [0.2, 0.25) is 0 Å². The number of hydrogen-bond acceptors (Lipinski definition) is 2. The van der Waals surface area contributed by atoms with Crippen molar-refractivity contribution in [2.45, 2.75) is 57.5 Å². The summed E-state index contributed by atoms with van der Waals surface area (Å²) in [6.07, 6.45) is 9.22. The minimum absolute atomic E-state index is 0.0304. The van der Waals surface area contributed by atoms with Gasteiger partial charge in [-0.25, -0.2) is 0 Å². The summed E-state index contributed by atoms with van der Waals surface area (Å²) in [4.78, 5) is 0. The highest BCUT2D eigenvalue weighted by molar-refractivity contribution is 5.25. The molecule has 21 heavy (non-hydrogen) atoms. The maximum atomic E-state index is 6.33. The van der Waals surface area contributed by atoms with E-state index in [4.69, 9.17) is 10.8 Å². The molecule has 3 rings (SSSR count). The van der Waals surface area contributed by atoms with Crippen molar-refractivity contribution in [2.24, 2.45) is 5.73 Å². The lowest BCUT2D eigenvalue weighted by atomic mass is 10.0. The molecule has 2 aromatic rings. The van der Waals surface area contributed by atoms with Crippen LogP contribution in [-0.2, 0) is 12.8 Å². The summed E-state index contributed by atoms with van der Waals surface area (Å²) in [7, 11) is 0. The Bertz CT molecular complexity index is 564. The maximum Gasteiger partial charge on any atom is 0.0643 e. The molecule has 1 aromatic carbocycles. The molecule has 3 nitrogen and oxygen atoms in total. The summed E-state index contributed by atoms with van der Waals surface area (Å²) in [5.41, 5.74) is 9.99. The second-order valence-corrected chi connectivity index (χ2v) is 6.13. The Morgan fingerprint density at radius 2 is 1.90 bits per heavy atom.